The first-order valence-corrected chi connectivity index (χ1v) is 8.18. The number of carbonyl (C=O) groups excluding carboxylic acids is 1. The normalized spacial score (nSPS) is 8.83. The summed E-state index contributed by atoms with van der Waals surface area (Å²) in [4.78, 5) is 10.2. The quantitative estimate of drug-likeness (QED) is 0.716. The van der Waals surface area contributed by atoms with E-state index >= 15 is 0 Å². The van der Waals surface area contributed by atoms with Gasteiger partial charge in [0.1, 0.15) is 6.79 Å². The molecule has 0 aliphatic heterocycles. The maximum absolute atomic E-state index is 8.00. The average Bonchev–Trinajstić information content (AvgIpc) is 2.62. The number of nitrogens with two attached hydrogens (primary N) is 1. The molecule has 2 rings (SSSR count). The van der Waals surface area contributed by atoms with Gasteiger partial charge in [-0.25, -0.2) is 0 Å². The van der Waals surface area contributed by atoms with E-state index in [1.54, 1.807) is 17.8 Å². The van der Waals surface area contributed by atoms with Crippen molar-refractivity contribution in [2.24, 2.45) is 0 Å². The summed E-state index contributed by atoms with van der Waals surface area (Å²) in [5, 5.41) is 0. The summed E-state index contributed by atoms with van der Waals surface area (Å²) in [5.41, 5.74) is 10.2. The molecule has 0 aliphatic rings. The van der Waals surface area contributed by atoms with E-state index in [4.69, 9.17) is 10.5 Å². The van der Waals surface area contributed by atoms with E-state index in [1.165, 1.54) is 4.90 Å². The summed E-state index contributed by atoms with van der Waals surface area (Å²) in [5.74, 6) is 0. The van der Waals surface area contributed by atoms with Crippen molar-refractivity contribution >= 4 is 36.4 Å². The maximum atomic E-state index is 8.00. The second-order valence-electron chi connectivity index (χ2n) is 4.26. The lowest BCUT2D eigenvalue weighted by atomic mass is 10.00. The molecule has 0 spiro atoms. The minimum atomic E-state index is 0.768. The smallest absolute Gasteiger partial charge is 0.106 e. The van der Waals surface area contributed by atoms with E-state index in [1.807, 2.05) is 44.9 Å². The fourth-order valence-electron chi connectivity index (χ4n) is 2.03. The van der Waals surface area contributed by atoms with Crippen LogP contribution in [0.5, 0.6) is 0 Å². The fraction of sp³-hybridized carbons (Fsp3) is 0.150. The van der Waals surface area contributed by atoms with Crippen LogP contribution in [-0.2, 0) is 4.79 Å². The molecule has 0 aromatic heterocycles. The van der Waals surface area contributed by atoms with Crippen molar-refractivity contribution in [1.29, 1.82) is 0 Å². The molecule has 23 heavy (non-hydrogen) atoms. The van der Waals surface area contributed by atoms with Crippen LogP contribution in [0.1, 0.15) is 30.5 Å². The molecule has 0 saturated carbocycles. The van der Waals surface area contributed by atoms with Crippen molar-refractivity contribution in [1.82, 2.24) is 0 Å². The number of hydrogen-bond donors (Lipinski definition) is 1. The Morgan fingerprint density at radius 2 is 1.52 bits per heavy atom. The maximum Gasteiger partial charge on any atom is 0.106 e. The molecule has 2 nitrogen and oxygen atoms in total. The predicted octanol–water partition coefficient (Wildman–Crippen LogP) is 5.86. The molecule has 0 heterocycles. The molecule has 3 heteroatoms. The second-order valence-corrected chi connectivity index (χ2v) is 5.37. The standard InChI is InChI=1S/C17H17NS.C2H6.CH2O/c1-4-14-12(3)11-16(17(18)15(14)5-2)19-13-9-7-6-8-10-13;2*1-2/h4-11H,1-2,18H2,3H3;1-2H3;1H2. The molecule has 2 N–H and O–H groups in total. The number of aryl methyl sites for hydroxylation is 1. The van der Waals surface area contributed by atoms with Gasteiger partial charge >= 0.3 is 0 Å². The van der Waals surface area contributed by atoms with Gasteiger partial charge in [-0.15, -0.1) is 0 Å². The minimum Gasteiger partial charge on any atom is -0.397 e. The summed E-state index contributed by atoms with van der Waals surface area (Å²) in [6, 6.07) is 12.3. The Balaban J connectivity index is 0.00000112. The Bertz CT molecular complexity index is 636. The van der Waals surface area contributed by atoms with Crippen LogP contribution in [0.25, 0.3) is 12.2 Å². The molecule has 0 aliphatic carbocycles. The average molecular weight is 327 g/mol. The summed E-state index contributed by atoms with van der Waals surface area (Å²) >= 11 is 1.67. The van der Waals surface area contributed by atoms with E-state index in [2.05, 4.69) is 38.3 Å². The summed E-state index contributed by atoms with van der Waals surface area (Å²) in [7, 11) is 0. The SMILES string of the molecule is C=Cc1c(C)cc(Sc2ccccc2)c(N)c1C=C.C=O.CC. The third-order valence-electron chi connectivity index (χ3n) is 3.00. The van der Waals surface area contributed by atoms with Crippen LogP contribution in [0.3, 0.4) is 0 Å². The van der Waals surface area contributed by atoms with Gasteiger partial charge in [-0.05, 0) is 36.2 Å². The third kappa shape index (κ3) is 5.46. The lowest BCUT2D eigenvalue weighted by Gasteiger charge is -2.14. The Kier molecular flexibility index (Phi) is 10.2. The predicted molar refractivity (Wildman–Crippen MR) is 105 cm³/mol. The van der Waals surface area contributed by atoms with E-state index in [-0.39, 0.29) is 0 Å². The largest absolute Gasteiger partial charge is 0.397 e. The van der Waals surface area contributed by atoms with Crippen LogP contribution >= 0.6 is 11.8 Å². The van der Waals surface area contributed by atoms with Crippen LogP contribution in [-0.4, -0.2) is 6.79 Å². The summed E-state index contributed by atoms with van der Waals surface area (Å²) < 4.78 is 0. The highest BCUT2D eigenvalue weighted by molar-refractivity contribution is 7.99. The zero-order valence-electron chi connectivity index (χ0n) is 14.1. The van der Waals surface area contributed by atoms with E-state index in [0.717, 1.165) is 27.3 Å². The topological polar surface area (TPSA) is 43.1 Å². The van der Waals surface area contributed by atoms with Crippen molar-refractivity contribution in [3.8, 4) is 0 Å². The Morgan fingerprint density at radius 3 is 2.00 bits per heavy atom. The monoisotopic (exact) mass is 327 g/mol. The third-order valence-corrected chi connectivity index (χ3v) is 4.06. The van der Waals surface area contributed by atoms with Crippen molar-refractivity contribution < 1.29 is 4.79 Å². The van der Waals surface area contributed by atoms with E-state index in [0.29, 0.717) is 0 Å². The molecule has 122 valence electrons. The van der Waals surface area contributed by atoms with Crippen LogP contribution in [0.15, 0.2) is 59.3 Å². The Hall–Kier alpha value is -2.26. The number of carbonyl (C=O) groups is 1. The highest BCUT2D eigenvalue weighted by Crippen LogP contribution is 2.37. The molecule has 2 aromatic rings. The highest BCUT2D eigenvalue weighted by Gasteiger charge is 2.11. The van der Waals surface area contributed by atoms with Gasteiger partial charge in [-0.1, -0.05) is 69.1 Å². The van der Waals surface area contributed by atoms with Crippen molar-refractivity contribution in [2.75, 3.05) is 5.73 Å². The van der Waals surface area contributed by atoms with Crippen LogP contribution in [0.2, 0.25) is 0 Å². The van der Waals surface area contributed by atoms with Gasteiger partial charge in [-0.2, -0.15) is 0 Å². The van der Waals surface area contributed by atoms with Gasteiger partial charge in [-0.3, -0.25) is 0 Å². The minimum absolute atomic E-state index is 0.768. The molecule has 0 radical (unpaired) electrons. The van der Waals surface area contributed by atoms with Gasteiger partial charge < -0.3 is 10.5 Å². The first-order chi connectivity index (χ1) is 11.2. The molecule has 0 saturated heterocycles. The molecule has 0 unspecified atom stereocenters. The van der Waals surface area contributed by atoms with Gasteiger partial charge in [0.25, 0.3) is 0 Å². The molecule has 2 aromatic carbocycles. The number of rotatable bonds is 4. The van der Waals surface area contributed by atoms with Gasteiger partial charge in [0.15, 0.2) is 0 Å². The van der Waals surface area contributed by atoms with Gasteiger partial charge in [0.2, 0.25) is 0 Å². The Morgan fingerprint density at radius 1 is 1.00 bits per heavy atom. The molecule has 0 fully saturated rings. The lowest BCUT2D eigenvalue weighted by molar-refractivity contribution is -0.0979. The first kappa shape index (κ1) is 20.7. The molecule has 0 amide bonds. The van der Waals surface area contributed by atoms with E-state index < -0.39 is 0 Å². The van der Waals surface area contributed by atoms with Crippen molar-refractivity contribution in [3.63, 3.8) is 0 Å². The van der Waals surface area contributed by atoms with Crippen LogP contribution < -0.4 is 5.73 Å². The number of benzene rings is 2. The molecular formula is C20H25NOS. The summed E-state index contributed by atoms with van der Waals surface area (Å²) in [6.45, 7) is 15.8. The van der Waals surface area contributed by atoms with Crippen LogP contribution in [0, 0.1) is 6.92 Å². The Labute approximate surface area is 144 Å². The number of hydrogen-bond acceptors (Lipinski definition) is 3. The molecule has 0 atom stereocenters. The van der Waals surface area contributed by atoms with Gasteiger partial charge in [0.05, 0.1) is 5.69 Å². The first-order valence-electron chi connectivity index (χ1n) is 7.37. The number of nitrogen functional groups attached to an aromatic ring is 1. The van der Waals surface area contributed by atoms with Gasteiger partial charge in [0, 0.05) is 15.4 Å². The molecular weight excluding hydrogens is 302 g/mol. The van der Waals surface area contributed by atoms with E-state index in [9.17, 15) is 0 Å². The second kappa shape index (κ2) is 11.3. The zero-order chi connectivity index (χ0) is 17.8. The lowest BCUT2D eigenvalue weighted by Crippen LogP contribution is -1.97. The molecule has 0 bridgehead atoms. The zero-order valence-corrected chi connectivity index (χ0v) is 15.0. The fourth-order valence-corrected chi connectivity index (χ4v) is 3.04. The van der Waals surface area contributed by atoms with Crippen molar-refractivity contribution in [2.45, 2.75) is 30.6 Å². The van der Waals surface area contributed by atoms with Crippen LogP contribution in [0.4, 0.5) is 5.69 Å². The highest BCUT2D eigenvalue weighted by atomic mass is 32.2. The van der Waals surface area contributed by atoms with Crippen molar-refractivity contribution in [3.05, 3.63) is 66.2 Å². The summed E-state index contributed by atoms with van der Waals surface area (Å²) in [6.07, 6.45) is 3.63. The number of anilines is 1.